The SMILES string of the molecule is Cc1ccc(F)c(NC(=O)c2ccc(N)cc2F)c1. The van der Waals surface area contributed by atoms with Crippen LogP contribution in [0.2, 0.25) is 0 Å². The van der Waals surface area contributed by atoms with Gasteiger partial charge >= 0.3 is 0 Å². The molecule has 0 aromatic heterocycles. The number of carbonyl (C=O) groups excluding carboxylic acids is 1. The number of carbonyl (C=O) groups is 1. The highest BCUT2D eigenvalue weighted by atomic mass is 19.1. The lowest BCUT2D eigenvalue weighted by atomic mass is 10.1. The Kier molecular flexibility index (Phi) is 3.46. The number of hydrogen-bond donors (Lipinski definition) is 2. The average molecular weight is 262 g/mol. The lowest BCUT2D eigenvalue weighted by Crippen LogP contribution is -2.15. The second-order valence-corrected chi connectivity index (χ2v) is 4.18. The summed E-state index contributed by atoms with van der Waals surface area (Å²) in [6.45, 7) is 1.76. The highest BCUT2D eigenvalue weighted by molar-refractivity contribution is 6.04. The van der Waals surface area contributed by atoms with Gasteiger partial charge in [0.2, 0.25) is 0 Å². The first kappa shape index (κ1) is 13.0. The summed E-state index contributed by atoms with van der Waals surface area (Å²) in [7, 11) is 0. The van der Waals surface area contributed by atoms with E-state index in [9.17, 15) is 13.6 Å². The molecule has 19 heavy (non-hydrogen) atoms. The Morgan fingerprint density at radius 3 is 2.53 bits per heavy atom. The molecule has 0 fully saturated rings. The van der Waals surface area contributed by atoms with E-state index in [0.717, 1.165) is 11.6 Å². The molecule has 0 saturated carbocycles. The summed E-state index contributed by atoms with van der Waals surface area (Å²) in [4.78, 5) is 11.9. The maximum absolute atomic E-state index is 13.5. The summed E-state index contributed by atoms with van der Waals surface area (Å²) in [6, 6.07) is 8.00. The number of amides is 1. The molecule has 5 heteroatoms. The van der Waals surface area contributed by atoms with E-state index >= 15 is 0 Å². The van der Waals surface area contributed by atoms with Gasteiger partial charge in [-0.25, -0.2) is 8.78 Å². The molecule has 3 nitrogen and oxygen atoms in total. The standard InChI is InChI=1S/C14H12F2N2O/c1-8-2-5-11(15)13(6-8)18-14(19)10-4-3-9(17)7-12(10)16/h2-7H,17H2,1H3,(H,18,19). The van der Waals surface area contributed by atoms with E-state index in [1.165, 1.54) is 24.3 Å². The number of nitrogen functional groups attached to an aromatic ring is 1. The number of halogens is 2. The highest BCUT2D eigenvalue weighted by Gasteiger charge is 2.13. The third-order valence-corrected chi connectivity index (χ3v) is 2.61. The fraction of sp³-hybridized carbons (Fsp3) is 0.0714. The average Bonchev–Trinajstić information content (AvgIpc) is 2.33. The van der Waals surface area contributed by atoms with Crippen LogP contribution in [0.25, 0.3) is 0 Å². The second-order valence-electron chi connectivity index (χ2n) is 4.18. The number of nitrogens with two attached hydrogens (primary N) is 1. The van der Waals surface area contributed by atoms with Crippen molar-refractivity contribution in [3.8, 4) is 0 Å². The molecule has 0 heterocycles. The zero-order valence-electron chi connectivity index (χ0n) is 10.2. The summed E-state index contributed by atoms with van der Waals surface area (Å²) in [5.41, 5.74) is 6.23. The van der Waals surface area contributed by atoms with Crippen molar-refractivity contribution in [2.75, 3.05) is 11.1 Å². The van der Waals surface area contributed by atoms with E-state index in [4.69, 9.17) is 5.73 Å². The minimum atomic E-state index is -0.745. The van der Waals surface area contributed by atoms with E-state index in [0.29, 0.717) is 0 Å². The Balaban J connectivity index is 2.28. The van der Waals surface area contributed by atoms with Crippen LogP contribution in [0.5, 0.6) is 0 Å². The molecule has 0 spiro atoms. The topological polar surface area (TPSA) is 55.1 Å². The van der Waals surface area contributed by atoms with Gasteiger partial charge in [0.25, 0.3) is 5.91 Å². The lowest BCUT2D eigenvalue weighted by molar-refractivity contribution is 0.102. The first-order chi connectivity index (χ1) is 8.97. The number of hydrogen-bond acceptors (Lipinski definition) is 2. The molecular formula is C14H12F2N2O. The minimum absolute atomic E-state index is 0.0150. The van der Waals surface area contributed by atoms with Crippen LogP contribution in [0.3, 0.4) is 0 Å². The molecule has 2 aromatic rings. The van der Waals surface area contributed by atoms with Crippen LogP contribution >= 0.6 is 0 Å². The second kappa shape index (κ2) is 5.06. The first-order valence-corrected chi connectivity index (χ1v) is 5.60. The normalized spacial score (nSPS) is 10.3. The molecule has 2 aromatic carbocycles. The van der Waals surface area contributed by atoms with Gasteiger partial charge in [-0.2, -0.15) is 0 Å². The van der Waals surface area contributed by atoms with Gasteiger partial charge in [0.05, 0.1) is 11.3 Å². The number of rotatable bonds is 2. The van der Waals surface area contributed by atoms with Gasteiger partial charge in [-0.3, -0.25) is 4.79 Å². The van der Waals surface area contributed by atoms with Crippen molar-refractivity contribution >= 4 is 17.3 Å². The Labute approximate surface area is 109 Å². The van der Waals surface area contributed by atoms with E-state index in [-0.39, 0.29) is 16.9 Å². The van der Waals surface area contributed by atoms with Gasteiger partial charge in [0, 0.05) is 5.69 Å². The predicted octanol–water partition coefficient (Wildman–Crippen LogP) is 3.11. The van der Waals surface area contributed by atoms with Crippen molar-refractivity contribution in [2.45, 2.75) is 6.92 Å². The van der Waals surface area contributed by atoms with Crippen LogP contribution < -0.4 is 11.1 Å². The summed E-state index contributed by atoms with van der Waals surface area (Å²) in [6.07, 6.45) is 0. The van der Waals surface area contributed by atoms with E-state index in [1.807, 2.05) is 0 Å². The molecule has 0 aliphatic carbocycles. The summed E-state index contributed by atoms with van der Waals surface area (Å²) >= 11 is 0. The molecule has 0 unspecified atom stereocenters. The van der Waals surface area contributed by atoms with Crippen molar-refractivity contribution < 1.29 is 13.6 Å². The zero-order chi connectivity index (χ0) is 14.0. The summed E-state index contributed by atoms with van der Waals surface area (Å²) < 4.78 is 27.0. The Morgan fingerprint density at radius 1 is 1.11 bits per heavy atom. The monoisotopic (exact) mass is 262 g/mol. The van der Waals surface area contributed by atoms with Gasteiger partial charge in [-0.15, -0.1) is 0 Å². The van der Waals surface area contributed by atoms with Gasteiger partial charge < -0.3 is 11.1 Å². The molecule has 0 radical (unpaired) electrons. The lowest BCUT2D eigenvalue weighted by Gasteiger charge is -2.08. The van der Waals surface area contributed by atoms with Gasteiger partial charge in [-0.1, -0.05) is 6.07 Å². The van der Waals surface area contributed by atoms with Crippen LogP contribution in [-0.2, 0) is 0 Å². The molecule has 0 saturated heterocycles. The van der Waals surface area contributed by atoms with Crippen LogP contribution in [-0.4, -0.2) is 5.91 Å². The fourth-order valence-corrected chi connectivity index (χ4v) is 1.64. The maximum Gasteiger partial charge on any atom is 0.258 e. The molecule has 3 N–H and O–H groups in total. The van der Waals surface area contributed by atoms with Crippen LogP contribution in [0.1, 0.15) is 15.9 Å². The van der Waals surface area contributed by atoms with Crippen molar-refractivity contribution in [1.82, 2.24) is 0 Å². The quantitative estimate of drug-likeness (QED) is 0.817. The van der Waals surface area contributed by atoms with Crippen molar-refractivity contribution in [3.63, 3.8) is 0 Å². The van der Waals surface area contributed by atoms with Crippen molar-refractivity contribution in [2.24, 2.45) is 0 Å². The molecule has 2 rings (SSSR count). The summed E-state index contributed by atoms with van der Waals surface area (Å²) in [5, 5.41) is 2.33. The Bertz CT molecular complexity index is 641. The molecule has 0 aliphatic heterocycles. The third kappa shape index (κ3) is 2.88. The zero-order valence-corrected chi connectivity index (χ0v) is 10.2. The largest absolute Gasteiger partial charge is 0.399 e. The number of anilines is 2. The predicted molar refractivity (Wildman–Crippen MR) is 69.9 cm³/mol. The number of nitrogens with one attached hydrogen (secondary N) is 1. The molecule has 98 valence electrons. The molecule has 0 aliphatic rings. The molecular weight excluding hydrogens is 250 g/mol. The van der Waals surface area contributed by atoms with Crippen LogP contribution in [0, 0.1) is 18.6 Å². The van der Waals surface area contributed by atoms with Gasteiger partial charge in [0.15, 0.2) is 0 Å². The minimum Gasteiger partial charge on any atom is -0.399 e. The maximum atomic E-state index is 13.5. The molecule has 0 bridgehead atoms. The van der Waals surface area contributed by atoms with Crippen molar-refractivity contribution in [1.29, 1.82) is 0 Å². The fourth-order valence-electron chi connectivity index (χ4n) is 1.64. The van der Waals surface area contributed by atoms with E-state index in [1.54, 1.807) is 13.0 Å². The number of aryl methyl sites for hydroxylation is 1. The first-order valence-electron chi connectivity index (χ1n) is 5.60. The van der Waals surface area contributed by atoms with E-state index < -0.39 is 17.5 Å². The number of benzene rings is 2. The van der Waals surface area contributed by atoms with Crippen LogP contribution in [0.4, 0.5) is 20.2 Å². The third-order valence-electron chi connectivity index (χ3n) is 2.61. The molecule has 0 atom stereocenters. The Hall–Kier alpha value is -2.43. The van der Waals surface area contributed by atoms with Gasteiger partial charge in [-0.05, 0) is 42.8 Å². The van der Waals surface area contributed by atoms with Gasteiger partial charge in [0.1, 0.15) is 11.6 Å². The Morgan fingerprint density at radius 2 is 1.84 bits per heavy atom. The summed E-state index contributed by atoms with van der Waals surface area (Å²) in [5.74, 6) is -2.04. The molecule has 1 amide bonds. The van der Waals surface area contributed by atoms with Crippen LogP contribution in [0.15, 0.2) is 36.4 Å². The highest BCUT2D eigenvalue weighted by Crippen LogP contribution is 2.18. The van der Waals surface area contributed by atoms with E-state index in [2.05, 4.69) is 5.32 Å². The van der Waals surface area contributed by atoms with Crippen molar-refractivity contribution in [3.05, 3.63) is 59.2 Å². The smallest absolute Gasteiger partial charge is 0.258 e.